The maximum atomic E-state index is 13.4. The number of hydrazine groups is 1. The lowest BCUT2D eigenvalue weighted by Crippen LogP contribution is -2.92. The number of hydrogen-bond acceptors (Lipinski definition) is 4. The molecule has 5 rings (SSSR count). The number of fused-ring (bicyclic) bond motifs is 2. The second kappa shape index (κ2) is 4.76. The summed E-state index contributed by atoms with van der Waals surface area (Å²) in [6.45, 7) is 4.76. The summed E-state index contributed by atoms with van der Waals surface area (Å²) >= 11 is 0. The van der Waals surface area contributed by atoms with Crippen molar-refractivity contribution in [2.45, 2.75) is 54.3 Å². The van der Waals surface area contributed by atoms with Crippen LogP contribution in [0.5, 0.6) is 0 Å². The predicted molar refractivity (Wildman–Crippen MR) is 88.0 cm³/mol. The third-order valence-electron chi connectivity index (χ3n) is 6.12. The number of alkyl halides is 3. The molecule has 3 atom stereocenters. The summed E-state index contributed by atoms with van der Waals surface area (Å²) in [5.74, 6) is 0. The van der Waals surface area contributed by atoms with Crippen molar-refractivity contribution in [3.05, 3.63) is 47.3 Å². The number of halogens is 3. The maximum Gasteiger partial charge on any atom is 0.416 e. The zero-order valence-corrected chi connectivity index (χ0v) is 15.0. The fraction of sp³-hybridized carbons (Fsp3) is 0.471. The third kappa shape index (κ3) is 1.74. The number of benzene rings is 1. The second-order valence-electron chi connectivity index (χ2n) is 7.56. The molecule has 3 aliphatic rings. The molecule has 4 heterocycles. The topological polar surface area (TPSA) is 52.2 Å². The molecule has 9 heteroatoms. The first-order valence-electron chi connectivity index (χ1n) is 8.36. The molecule has 5 nitrogen and oxygen atoms in total. The van der Waals surface area contributed by atoms with Crippen molar-refractivity contribution in [1.82, 2.24) is 20.2 Å². The first-order chi connectivity index (χ1) is 12.2. The van der Waals surface area contributed by atoms with E-state index >= 15 is 0 Å². The van der Waals surface area contributed by atoms with Gasteiger partial charge in [0.05, 0.1) is 46.4 Å². The van der Waals surface area contributed by atoms with Gasteiger partial charge in [0, 0.05) is 16.9 Å². The van der Waals surface area contributed by atoms with Crippen molar-refractivity contribution < 1.29 is 17.4 Å². The molecule has 1 N–H and O–H groups in total. The van der Waals surface area contributed by atoms with Crippen LogP contribution in [0.1, 0.15) is 43.1 Å². The molecule has 3 unspecified atom stereocenters. The first kappa shape index (κ1) is 16.5. The van der Waals surface area contributed by atoms with Gasteiger partial charge < -0.3 is 0 Å². The monoisotopic (exact) mass is 382 g/mol. The summed E-state index contributed by atoms with van der Waals surface area (Å²) in [4.78, 5) is -0.158. The maximum absolute atomic E-state index is 13.4. The van der Waals surface area contributed by atoms with Crippen LogP contribution in [0.15, 0.2) is 35.4 Å². The van der Waals surface area contributed by atoms with Crippen molar-refractivity contribution in [1.29, 1.82) is 0 Å². The second-order valence-corrected chi connectivity index (χ2v) is 9.24. The summed E-state index contributed by atoms with van der Waals surface area (Å²) in [6.07, 6.45) is -1.89. The number of rotatable bonds is 2. The van der Waals surface area contributed by atoms with Crippen LogP contribution in [0.4, 0.5) is 13.2 Å². The van der Waals surface area contributed by atoms with Crippen LogP contribution in [0.2, 0.25) is 0 Å². The van der Waals surface area contributed by atoms with Gasteiger partial charge in [-0.25, -0.2) is 10.0 Å². The minimum absolute atomic E-state index is 0.129. The molecule has 0 radical (unpaired) electrons. The van der Waals surface area contributed by atoms with Gasteiger partial charge >= 0.3 is 6.18 Å². The lowest BCUT2D eigenvalue weighted by atomic mass is 9.70. The van der Waals surface area contributed by atoms with E-state index < -0.39 is 27.4 Å². The van der Waals surface area contributed by atoms with Gasteiger partial charge in [-0.1, -0.05) is 0 Å². The Hall–Kier alpha value is -1.71. The van der Waals surface area contributed by atoms with Crippen LogP contribution >= 0.6 is 0 Å². The highest BCUT2D eigenvalue weighted by atomic mass is 32.2. The Labute approximate surface area is 150 Å². The molecular weight excluding hydrogens is 365 g/mol. The molecular formula is C17H17F3N4OS. The number of H-pyrrole nitrogens is 1. The van der Waals surface area contributed by atoms with Gasteiger partial charge in [0.25, 0.3) is 0 Å². The zero-order chi connectivity index (χ0) is 18.5. The molecule has 0 aliphatic carbocycles. The average molecular weight is 382 g/mol. The molecule has 1 aromatic carbocycles. The van der Waals surface area contributed by atoms with E-state index in [0.29, 0.717) is 17.9 Å². The van der Waals surface area contributed by atoms with Crippen LogP contribution in [-0.2, 0) is 23.5 Å². The smallest absolute Gasteiger partial charge is 0.281 e. The van der Waals surface area contributed by atoms with Crippen molar-refractivity contribution in [3.8, 4) is 0 Å². The minimum atomic E-state index is -4.39. The van der Waals surface area contributed by atoms with Gasteiger partial charge in [-0.15, -0.1) is 0 Å². The fourth-order valence-electron chi connectivity index (χ4n) is 4.65. The van der Waals surface area contributed by atoms with E-state index in [1.807, 2.05) is 20.0 Å². The van der Waals surface area contributed by atoms with Gasteiger partial charge in [-0.05, 0) is 38.1 Å². The first-order valence-corrected chi connectivity index (χ1v) is 9.51. The Bertz CT molecular complexity index is 923. The van der Waals surface area contributed by atoms with E-state index in [1.165, 1.54) is 12.1 Å². The van der Waals surface area contributed by atoms with Crippen LogP contribution in [0.3, 0.4) is 0 Å². The Morgan fingerprint density at radius 2 is 1.96 bits per heavy atom. The van der Waals surface area contributed by atoms with Crippen molar-refractivity contribution in [2.75, 3.05) is 0 Å². The van der Waals surface area contributed by atoms with Gasteiger partial charge in [0.1, 0.15) is 4.87 Å². The standard InChI is InChI=1S/C17H17F3N4OS/c1-15(2)16(26(25)11-5-3-10(4-6-11)17(18,19)20)7-14-12-8-21-22-13(12)9-23(15)24(14)16/h3-6,8,14H,7,9H2,1-2H3,(H,21,22). The summed E-state index contributed by atoms with van der Waals surface area (Å²) in [7, 11) is -1.44. The van der Waals surface area contributed by atoms with Crippen LogP contribution < -0.4 is 0 Å². The predicted octanol–water partition coefficient (Wildman–Crippen LogP) is 3.20. The number of aromatic amines is 1. The molecule has 0 spiro atoms. The summed E-state index contributed by atoms with van der Waals surface area (Å²) < 4.78 is 51.8. The lowest BCUT2D eigenvalue weighted by Gasteiger charge is -2.79. The molecule has 0 amide bonds. The molecule has 2 saturated heterocycles. The van der Waals surface area contributed by atoms with Gasteiger partial charge in [-0.3, -0.25) is 9.31 Å². The molecule has 26 heavy (non-hydrogen) atoms. The number of hydrogen-bond donors (Lipinski definition) is 1. The molecule has 138 valence electrons. The highest BCUT2D eigenvalue weighted by Crippen LogP contribution is 2.67. The largest absolute Gasteiger partial charge is 0.416 e. The lowest BCUT2D eigenvalue weighted by molar-refractivity contribution is -0.368. The van der Waals surface area contributed by atoms with E-state index in [1.54, 1.807) is 0 Å². The van der Waals surface area contributed by atoms with Gasteiger partial charge in [-0.2, -0.15) is 18.3 Å². The number of nitrogens with one attached hydrogen (secondary N) is 1. The molecule has 3 aliphatic heterocycles. The van der Waals surface area contributed by atoms with Crippen LogP contribution in [-0.4, -0.2) is 34.8 Å². The highest BCUT2D eigenvalue weighted by molar-refractivity contribution is 7.86. The summed E-state index contributed by atoms with van der Waals surface area (Å²) in [5.41, 5.74) is 1.11. The average Bonchev–Trinajstić information content (AvgIpc) is 3.01. The number of nitrogens with zero attached hydrogens (tertiary/aromatic N) is 3. The van der Waals surface area contributed by atoms with Crippen LogP contribution in [0, 0.1) is 0 Å². The summed E-state index contributed by atoms with van der Waals surface area (Å²) in [5, 5.41) is 11.5. The molecule has 0 bridgehead atoms. The van der Waals surface area contributed by atoms with E-state index in [4.69, 9.17) is 0 Å². The fourth-order valence-corrected chi connectivity index (χ4v) is 6.69. The quantitative estimate of drug-likeness (QED) is 0.867. The Morgan fingerprint density at radius 1 is 1.27 bits per heavy atom. The summed E-state index contributed by atoms with van der Waals surface area (Å²) in [6, 6.07) is 4.82. The van der Waals surface area contributed by atoms with Crippen molar-refractivity contribution >= 4 is 10.8 Å². The zero-order valence-electron chi connectivity index (χ0n) is 14.2. The van der Waals surface area contributed by atoms with Crippen molar-refractivity contribution in [2.24, 2.45) is 0 Å². The molecule has 1 aromatic heterocycles. The normalized spacial score (nSPS) is 30.7. The third-order valence-corrected chi connectivity index (χ3v) is 8.28. The number of aromatic nitrogens is 2. The van der Waals surface area contributed by atoms with E-state index in [0.717, 1.165) is 23.4 Å². The van der Waals surface area contributed by atoms with E-state index in [2.05, 4.69) is 20.2 Å². The molecule has 2 fully saturated rings. The Kier molecular flexibility index (Phi) is 3.02. The van der Waals surface area contributed by atoms with Crippen molar-refractivity contribution in [3.63, 3.8) is 0 Å². The van der Waals surface area contributed by atoms with Gasteiger partial charge in [0.15, 0.2) is 0 Å². The SMILES string of the molecule is CC1(C)N2Cc3[nH]ncc3C3CC1(S(=O)c1ccc(C(F)(F)F)cc1)N32. The highest BCUT2D eigenvalue weighted by Gasteiger charge is 2.78. The van der Waals surface area contributed by atoms with Crippen LogP contribution in [0.25, 0.3) is 0 Å². The Balaban J connectivity index is 1.50. The Morgan fingerprint density at radius 3 is 2.62 bits per heavy atom. The van der Waals surface area contributed by atoms with Gasteiger partial charge in [0.2, 0.25) is 0 Å². The molecule has 0 saturated carbocycles. The molecule has 2 aromatic rings. The van der Waals surface area contributed by atoms with E-state index in [-0.39, 0.29) is 11.6 Å². The van der Waals surface area contributed by atoms with E-state index in [9.17, 15) is 17.4 Å². The minimum Gasteiger partial charge on any atom is -0.281 e.